The molecule has 0 radical (unpaired) electrons. The van der Waals surface area contributed by atoms with Gasteiger partial charge in [0.2, 0.25) is 0 Å². The van der Waals surface area contributed by atoms with E-state index in [0.717, 1.165) is 43.4 Å². The number of hydrogen-bond donors (Lipinski definition) is 1. The Bertz CT molecular complexity index is 1180. The van der Waals surface area contributed by atoms with Gasteiger partial charge < -0.3 is 19.6 Å². The molecule has 1 aliphatic carbocycles. The standard InChI is InChI=1S/C32H40N2O5/c1-4-28(33-22(2)27-16-19-34-29(27)38-30(35)31(36)39-34)25-14-11-15-26(20-25)37-23(3)32(17-9-6-10-18-32)21-24-12-7-5-8-13-24/h5,7-9,11-15,17,20,22-23,27-29,33H,4,6,10,16,18-19,21H2,1-3H3. The maximum Gasteiger partial charge on any atom is 0.436 e. The van der Waals surface area contributed by atoms with Crippen LogP contribution in [0.1, 0.15) is 70.0 Å². The van der Waals surface area contributed by atoms with Gasteiger partial charge in [-0.15, -0.1) is 0 Å². The zero-order valence-corrected chi connectivity index (χ0v) is 23.2. The van der Waals surface area contributed by atoms with Crippen LogP contribution in [0.15, 0.2) is 66.7 Å². The fraction of sp³-hybridized carbons (Fsp3) is 0.500. The molecule has 1 N–H and O–H groups in total. The summed E-state index contributed by atoms with van der Waals surface area (Å²) < 4.78 is 12.1. The van der Waals surface area contributed by atoms with Gasteiger partial charge in [0.25, 0.3) is 0 Å². The van der Waals surface area contributed by atoms with Crippen LogP contribution in [0, 0.1) is 11.3 Å². The van der Waals surface area contributed by atoms with E-state index in [1.165, 1.54) is 17.0 Å². The van der Waals surface area contributed by atoms with E-state index < -0.39 is 18.2 Å². The minimum absolute atomic E-state index is 0.0182. The van der Waals surface area contributed by atoms with Gasteiger partial charge >= 0.3 is 11.9 Å². The second-order valence-electron chi connectivity index (χ2n) is 11.2. The van der Waals surface area contributed by atoms with Crippen molar-refractivity contribution in [1.29, 1.82) is 0 Å². The van der Waals surface area contributed by atoms with E-state index in [-0.39, 0.29) is 29.5 Å². The van der Waals surface area contributed by atoms with E-state index >= 15 is 0 Å². The number of hydroxylamine groups is 2. The topological polar surface area (TPSA) is 77.1 Å². The van der Waals surface area contributed by atoms with E-state index in [1.54, 1.807) is 0 Å². The number of benzene rings is 2. The number of ether oxygens (including phenoxy) is 2. The molecule has 2 saturated heterocycles. The third-order valence-corrected chi connectivity index (χ3v) is 8.66. The highest BCUT2D eigenvalue weighted by atomic mass is 16.8. The first kappa shape index (κ1) is 27.4. The van der Waals surface area contributed by atoms with E-state index in [2.05, 4.69) is 86.8 Å². The molecule has 2 aromatic carbocycles. The van der Waals surface area contributed by atoms with Crippen molar-refractivity contribution in [2.24, 2.45) is 11.3 Å². The predicted molar refractivity (Wildman–Crippen MR) is 149 cm³/mol. The molecule has 2 fully saturated rings. The second kappa shape index (κ2) is 11.9. The minimum atomic E-state index is -0.945. The summed E-state index contributed by atoms with van der Waals surface area (Å²) in [5.41, 5.74) is 2.45. The van der Waals surface area contributed by atoms with Crippen molar-refractivity contribution in [2.45, 2.75) is 83.7 Å². The van der Waals surface area contributed by atoms with Crippen molar-refractivity contribution in [3.8, 4) is 5.75 Å². The molecule has 0 aromatic heterocycles. The number of allylic oxidation sites excluding steroid dienone is 1. The highest BCUT2D eigenvalue weighted by molar-refractivity contribution is 6.29. The quantitative estimate of drug-likeness (QED) is 0.245. The van der Waals surface area contributed by atoms with E-state index in [0.29, 0.717) is 6.54 Å². The molecule has 2 heterocycles. The van der Waals surface area contributed by atoms with Crippen LogP contribution >= 0.6 is 0 Å². The maximum atomic E-state index is 11.8. The first-order chi connectivity index (χ1) is 18.9. The monoisotopic (exact) mass is 532 g/mol. The molecular formula is C32H40N2O5. The molecule has 0 spiro atoms. The van der Waals surface area contributed by atoms with Gasteiger partial charge in [-0.25, -0.2) is 9.59 Å². The molecule has 0 amide bonds. The smallest absolute Gasteiger partial charge is 0.436 e. The lowest BCUT2D eigenvalue weighted by molar-refractivity contribution is -0.260. The van der Waals surface area contributed by atoms with Crippen LogP contribution in [-0.4, -0.2) is 41.9 Å². The fourth-order valence-electron chi connectivity index (χ4n) is 6.37. The summed E-state index contributed by atoms with van der Waals surface area (Å²) in [5, 5.41) is 5.24. The molecule has 6 atom stereocenters. The summed E-state index contributed by atoms with van der Waals surface area (Å²) >= 11 is 0. The van der Waals surface area contributed by atoms with Gasteiger partial charge in [-0.3, -0.25) is 0 Å². The molecule has 7 nitrogen and oxygen atoms in total. The van der Waals surface area contributed by atoms with Gasteiger partial charge in [0.1, 0.15) is 11.9 Å². The molecular weight excluding hydrogens is 492 g/mol. The van der Waals surface area contributed by atoms with Crippen molar-refractivity contribution in [1.82, 2.24) is 10.4 Å². The Morgan fingerprint density at radius 1 is 1.10 bits per heavy atom. The Balaban J connectivity index is 1.27. The molecule has 2 aromatic rings. The molecule has 3 aliphatic rings. The predicted octanol–water partition coefficient (Wildman–Crippen LogP) is 5.52. The van der Waals surface area contributed by atoms with Crippen molar-refractivity contribution in [2.75, 3.05) is 6.54 Å². The Hall–Kier alpha value is -3.16. The highest BCUT2D eigenvalue weighted by Crippen LogP contribution is 2.40. The Morgan fingerprint density at radius 3 is 2.67 bits per heavy atom. The summed E-state index contributed by atoms with van der Waals surface area (Å²) in [6, 6.07) is 19.2. The Kier molecular flexibility index (Phi) is 8.38. The second-order valence-corrected chi connectivity index (χ2v) is 11.2. The van der Waals surface area contributed by atoms with E-state index in [1.807, 2.05) is 6.07 Å². The van der Waals surface area contributed by atoms with E-state index in [9.17, 15) is 9.59 Å². The maximum absolute atomic E-state index is 11.8. The number of nitrogens with zero attached hydrogens (tertiary/aromatic N) is 1. The molecule has 5 rings (SSSR count). The van der Waals surface area contributed by atoms with Crippen LogP contribution in [0.2, 0.25) is 0 Å². The third kappa shape index (κ3) is 6.04. The SMILES string of the molecule is CCC(NC(C)C1CCN2OC(=O)C(=O)OC12)c1cccc(OC(C)C2(Cc3ccccc3)C=CCCC2)c1. The lowest BCUT2D eigenvalue weighted by Gasteiger charge is -2.39. The number of esters is 1. The zero-order valence-electron chi connectivity index (χ0n) is 23.2. The van der Waals surface area contributed by atoms with Crippen LogP contribution in [-0.2, 0) is 25.6 Å². The molecule has 7 heteroatoms. The number of carbonyl (C=O) groups is 2. The minimum Gasteiger partial charge on any atom is -0.490 e. The average molecular weight is 533 g/mol. The van der Waals surface area contributed by atoms with Gasteiger partial charge in [0.05, 0.1) is 0 Å². The number of rotatable bonds is 10. The molecule has 2 aliphatic heterocycles. The van der Waals surface area contributed by atoms with Crippen LogP contribution < -0.4 is 10.1 Å². The fourth-order valence-corrected chi connectivity index (χ4v) is 6.37. The largest absolute Gasteiger partial charge is 0.490 e. The first-order valence-corrected chi connectivity index (χ1v) is 14.3. The van der Waals surface area contributed by atoms with E-state index in [4.69, 9.17) is 14.3 Å². The highest BCUT2D eigenvalue weighted by Gasteiger charge is 2.47. The van der Waals surface area contributed by atoms with Gasteiger partial charge in [-0.1, -0.05) is 66.6 Å². The third-order valence-electron chi connectivity index (χ3n) is 8.66. The number of nitrogens with one attached hydrogen (secondary N) is 1. The summed E-state index contributed by atoms with van der Waals surface area (Å²) in [5.74, 6) is -0.968. The number of fused-ring (bicyclic) bond motifs is 1. The Morgan fingerprint density at radius 2 is 1.92 bits per heavy atom. The van der Waals surface area contributed by atoms with Gasteiger partial charge in [0, 0.05) is 30.0 Å². The van der Waals surface area contributed by atoms with Crippen LogP contribution in [0.4, 0.5) is 0 Å². The number of carbonyl (C=O) groups excluding carboxylic acids is 2. The van der Waals surface area contributed by atoms with Gasteiger partial charge in [0.15, 0.2) is 6.23 Å². The van der Waals surface area contributed by atoms with Crippen LogP contribution in [0.25, 0.3) is 0 Å². The molecule has 39 heavy (non-hydrogen) atoms. The molecule has 0 bridgehead atoms. The lowest BCUT2D eigenvalue weighted by Crippen LogP contribution is -2.50. The van der Waals surface area contributed by atoms with Gasteiger partial charge in [-0.2, -0.15) is 0 Å². The zero-order chi connectivity index (χ0) is 27.4. The summed E-state index contributed by atoms with van der Waals surface area (Å²) in [4.78, 5) is 28.5. The van der Waals surface area contributed by atoms with Crippen molar-refractivity contribution < 1.29 is 23.9 Å². The van der Waals surface area contributed by atoms with Crippen LogP contribution in [0.3, 0.4) is 0 Å². The van der Waals surface area contributed by atoms with Crippen molar-refractivity contribution in [3.05, 3.63) is 77.9 Å². The lowest BCUT2D eigenvalue weighted by atomic mass is 9.71. The summed E-state index contributed by atoms with van der Waals surface area (Å²) in [6.07, 6.45) is 10.2. The summed E-state index contributed by atoms with van der Waals surface area (Å²) in [6.45, 7) is 7.02. The normalized spacial score (nSPS) is 27.3. The van der Waals surface area contributed by atoms with Crippen molar-refractivity contribution >= 4 is 11.9 Å². The average Bonchev–Trinajstić information content (AvgIpc) is 3.35. The van der Waals surface area contributed by atoms with Crippen molar-refractivity contribution in [3.63, 3.8) is 0 Å². The first-order valence-electron chi connectivity index (χ1n) is 14.3. The molecule has 0 saturated carbocycles. The van der Waals surface area contributed by atoms with Gasteiger partial charge in [-0.05, 0) is 75.6 Å². The van der Waals surface area contributed by atoms with Crippen LogP contribution in [0.5, 0.6) is 5.75 Å². The molecule has 208 valence electrons. The Labute approximate surface area is 231 Å². The molecule has 6 unspecified atom stereocenters. The number of hydrogen-bond acceptors (Lipinski definition) is 7. The summed E-state index contributed by atoms with van der Waals surface area (Å²) in [7, 11) is 0.